The summed E-state index contributed by atoms with van der Waals surface area (Å²) >= 11 is 0. The smallest absolute Gasteiger partial charge is 0.167 e. The number of rotatable bonds is 4. The summed E-state index contributed by atoms with van der Waals surface area (Å²) in [5.41, 5.74) is 6.66. The molecule has 0 atom stereocenters. The number of hydrogen-bond acceptors (Lipinski definition) is 4. The standard InChI is InChI=1S/C12H13FN2O2/c1-2-16-11-4-3-8(5-10(11)13)12-6-9(7-14)15-17-12/h3-6H,2,7,14H2,1H3. The zero-order valence-electron chi connectivity index (χ0n) is 9.44. The Morgan fingerprint density at radius 1 is 1.41 bits per heavy atom. The molecule has 2 rings (SSSR count). The van der Waals surface area contributed by atoms with Crippen molar-refractivity contribution in [3.05, 3.63) is 35.8 Å². The van der Waals surface area contributed by atoms with Gasteiger partial charge in [0.05, 0.1) is 12.3 Å². The molecular weight excluding hydrogens is 223 g/mol. The summed E-state index contributed by atoms with van der Waals surface area (Å²) in [5, 5.41) is 3.75. The maximum absolute atomic E-state index is 13.6. The van der Waals surface area contributed by atoms with E-state index < -0.39 is 5.82 Å². The topological polar surface area (TPSA) is 61.3 Å². The Kier molecular flexibility index (Phi) is 3.39. The minimum Gasteiger partial charge on any atom is -0.491 e. The molecule has 1 heterocycles. The fraction of sp³-hybridized carbons (Fsp3) is 0.250. The summed E-state index contributed by atoms with van der Waals surface area (Å²) < 4.78 is 23.8. The summed E-state index contributed by atoms with van der Waals surface area (Å²) in [6, 6.07) is 6.33. The minimum absolute atomic E-state index is 0.231. The Hall–Kier alpha value is -1.88. The van der Waals surface area contributed by atoms with E-state index in [9.17, 15) is 4.39 Å². The van der Waals surface area contributed by atoms with Crippen molar-refractivity contribution in [2.45, 2.75) is 13.5 Å². The van der Waals surface area contributed by atoms with Crippen molar-refractivity contribution in [3.8, 4) is 17.1 Å². The number of halogens is 1. The summed E-state index contributed by atoms with van der Waals surface area (Å²) in [4.78, 5) is 0. The van der Waals surface area contributed by atoms with Crippen LogP contribution in [-0.4, -0.2) is 11.8 Å². The van der Waals surface area contributed by atoms with E-state index in [1.807, 2.05) is 0 Å². The zero-order chi connectivity index (χ0) is 12.3. The lowest BCUT2D eigenvalue weighted by molar-refractivity contribution is 0.321. The highest BCUT2D eigenvalue weighted by atomic mass is 19.1. The number of benzene rings is 1. The van der Waals surface area contributed by atoms with Gasteiger partial charge in [-0.15, -0.1) is 0 Å². The van der Waals surface area contributed by atoms with Crippen LogP contribution in [0.3, 0.4) is 0 Å². The van der Waals surface area contributed by atoms with Crippen molar-refractivity contribution in [2.75, 3.05) is 6.61 Å². The van der Waals surface area contributed by atoms with Gasteiger partial charge in [-0.1, -0.05) is 5.16 Å². The van der Waals surface area contributed by atoms with E-state index in [-0.39, 0.29) is 5.75 Å². The van der Waals surface area contributed by atoms with Crippen LogP contribution in [0.5, 0.6) is 5.75 Å². The summed E-state index contributed by atoms with van der Waals surface area (Å²) in [5.74, 6) is 0.303. The SMILES string of the molecule is CCOc1ccc(-c2cc(CN)no2)cc1F. The van der Waals surface area contributed by atoms with E-state index in [2.05, 4.69) is 5.16 Å². The van der Waals surface area contributed by atoms with Gasteiger partial charge in [-0.05, 0) is 25.1 Å². The molecule has 0 saturated carbocycles. The Bertz CT molecular complexity index is 511. The second-order valence-electron chi connectivity index (χ2n) is 3.46. The molecule has 0 aliphatic rings. The quantitative estimate of drug-likeness (QED) is 0.885. The highest BCUT2D eigenvalue weighted by molar-refractivity contribution is 5.58. The number of ether oxygens (including phenoxy) is 1. The first kappa shape index (κ1) is 11.6. The van der Waals surface area contributed by atoms with Crippen LogP contribution in [0.25, 0.3) is 11.3 Å². The van der Waals surface area contributed by atoms with Crippen LogP contribution in [-0.2, 0) is 6.54 Å². The summed E-state index contributed by atoms with van der Waals surface area (Å²) in [6.45, 7) is 2.52. The van der Waals surface area contributed by atoms with E-state index in [1.54, 1.807) is 25.1 Å². The molecule has 1 aromatic heterocycles. The summed E-state index contributed by atoms with van der Waals surface area (Å²) in [7, 11) is 0. The molecule has 4 nitrogen and oxygen atoms in total. The van der Waals surface area contributed by atoms with Gasteiger partial charge < -0.3 is 15.0 Å². The van der Waals surface area contributed by atoms with Crippen LogP contribution in [0.15, 0.2) is 28.8 Å². The fourth-order valence-electron chi connectivity index (χ4n) is 1.47. The van der Waals surface area contributed by atoms with E-state index in [4.69, 9.17) is 15.0 Å². The number of nitrogens with zero attached hydrogens (tertiary/aromatic N) is 1. The molecule has 17 heavy (non-hydrogen) atoms. The first-order valence-corrected chi connectivity index (χ1v) is 5.33. The Morgan fingerprint density at radius 2 is 2.24 bits per heavy atom. The van der Waals surface area contributed by atoms with Crippen LogP contribution < -0.4 is 10.5 Å². The highest BCUT2D eigenvalue weighted by Gasteiger charge is 2.09. The van der Waals surface area contributed by atoms with E-state index in [0.29, 0.717) is 30.2 Å². The van der Waals surface area contributed by atoms with Gasteiger partial charge >= 0.3 is 0 Å². The molecule has 0 spiro atoms. The number of nitrogens with two attached hydrogens (primary N) is 1. The van der Waals surface area contributed by atoms with Crippen LogP contribution in [0, 0.1) is 5.82 Å². The van der Waals surface area contributed by atoms with Crippen molar-refractivity contribution in [1.29, 1.82) is 0 Å². The lowest BCUT2D eigenvalue weighted by atomic mass is 10.1. The molecule has 0 bridgehead atoms. The molecule has 0 saturated heterocycles. The maximum Gasteiger partial charge on any atom is 0.167 e. The predicted molar refractivity (Wildman–Crippen MR) is 61.0 cm³/mol. The molecule has 2 aromatic rings. The van der Waals surface area contributed by atoms with Crippen LogP contribution >= 0.6 is 0 Å². The van der Waals surface area contributed by atoms with Gasteiger partial charge in [0.25, 0.3) is 0 Å². The molecular formula is C12H13FN2O2. The van der Waals surface area contributed by atoms with E-state index in [0.717, 1.165) is 0 Å². The van der Waals surface area contributed by atoms with Crippen molar-refractivity contribution in [2.24, 2.45) is 5.73 Å². The van der Waals surface area contributed by atoms with Crippen molar-refractivity contribution in [3.63, 3.8) is 0 Å². The van der Waals surface area contributed by atoms with E-state index >= 15 is 0 Å². The van der Waals surface area contributed by atoms with Crippen molar-refractivity contribution in [1.82, 2.24) is 5.16 Å². The Labute approximate surface area is 98.2 Å². The lowest BCUT2D eigenvalue weighted by Crippen LogP contribution is -1.95. The molecule has 0 unspecified atom stereocenters. The molecule has 0 radical (unpaired) electrons. The van der Waals surface area contributed by atoms with Crippen LogP contribution in [0.1, 0.15) is 12.6 Å². The molecule has 1 aromatic carbocycles. The molecule has 0 aliphatic carbocycles. The zero-order valence-corrected chi connectivity index (χ0v) is 9.44. The van der Waals surface area contributed by atoms with Gasteiger partial charge in [0.1, 0.15) is 0 Å². The average molecular weight is 236 g/mol. The normalized spacial score (nSPS) is 10.5. The second-order valence-corrected chi connectivity index (χ2v) is 3.46. The Balaban J connectivity index is 2.30. The average Bonchev–Trinajstić information content (AvgIpc) is 2.80. The fourth-order valence-corrected chi connectivity index (χ4v) is 1.47. The third-order valence-corrected chi connectivity index (χ3v) is 2.28. The maximum atomic E-state index is 13.6. The van der Waals surface area contributed by atoms with Crippen molar-refractivity contribution < 1.29 is 13.7 Å². The predicted octanol–water partition coefficient (Wildman–Crippen LogP) is 2.34. The summed E-state index contributed by atoms with van der Waals surface area (Å²) in [6.07, 6.45) is 0. The largest absolute Gasteiger partial charge is 0.491 e. The van der Waals surface area contributed by atoms with Crippen LogP contribution in [0.2, 0.25) is 0 Å². The third kappa shape index (κ3) is 2.45. The molecule has 0 fully saturated rings. The van der Waals surface area contributed by atoms with Gasteiger partial charge in [-0.3, -0.25) is 0 Å². The highest BCUT2D eigenvalue weighted by Crippen LogP contribution is 2.26. The van der Waals surface area contributed by atoms with Gasteiger partial charge in [-0.2, -0.15) is 0 Å². The van der Waals surface area contributed by atoms with E-state index in [1.165, 1.54) is 6.07 Å². The second kappa shape index (κ2) is 4.97. The first-order valence-electron chi connectivity index (χ1n) is 5.33. The monoisotopic (exact) mass is 236 g/mol. The van der Waals surface area contributed by atoms with Gasteiger partial charge in [0.15, 0.2) is 17.3 Å². The number of aromatic nitrogens is 1. The van der Waals surface area contributed by atoms with Gasteiger partial charge in [-0.25, -0.2) is 4.39 Å². The molecule has 5 heteroatoms. The van der Waals surface area contributed by atoms with Crippen LogP contribution in [0.4, 0.5) is 4.39 Å². The molecule has 90 valence electrons. The minimum atomic E-state index is -0.421. The Morgan fingerprint density at radius 3 is 2.82 bits per heavy atom. The first-order chi connectivity index (χ1) is 8.24. The lowest BCUT2D eigenvalue weighted by Gasteiger charge is -2.04. The van der Waals surface area contributed by atoms with Gasteiger partial charge in [0, 0.05) is 18.2 Å². The van der Waals surface area contributed by atoms with Gasteiger partial charge in [0.2, 0.25) is 0 Å². The third-order valence-electron chi connectivity index (χ3n) is 2.28. The molecule has 0 amide bonds. The molecule has 2 N–H and O–H groups in total. The van der Waals surface area contributed by atoms with Crippen molar-refractivity contribution >= 4 is 0 Å². The molecule has 0 aliphatic heterocycles. The number of hydrogen-bond donors (Lipinski definition) is 1.